The Morgan fingerprint density at radius 1 is 1.47 bits per heavy atom. The van der Waals surface area contributed by atoms with Crippen molar-refractivity contribution < 1.29 is 19.4 Å². The summed E-state index contributed by atoms with van der Waals surface area (Å²) in [6.45, 7) is 0.674. The molecule has 1 saturated heterocycles. The van der Waals surface area contributed by atoms with E-state index in [1.165, 1.54) is 4.90 Å². The molecule has 7 heteroatoms. The SMILES string of the molecule is O=C(O)C1COCCN1C(=O)c1cc(I)ccc1Br. The van der Waals surface area contributed by atoms with Crippen molar-refractivity contribution >= 4 is 50.4 Å². The van der Waals surface area contributed by atoms with Gasteiger partial charge in [-0.3, -0.25) is 4.79 Å². The van der Waals surface area contributed by atoms with E-state index >= 15 is 0 Å². The second-order valence-corrected chi connectivity index (χ2v) is 6.15. The summed E-state index contributed by atoms with van der Waals surface area (Å²) in [4.78, 5) is 25.0. The fourth-order valence-corrected chi connectivity index (χ4v) is 2.77. The molecule has 2 rings (SSSR count). The van der Waals surface area contributed by atoms with Gasteiger partial charge in [0.2, 0.25) is 0 Å². The summed E-state index contributed by atoms with van der Waals surface area (Å²) in [5.41, 5.74) is 0.472. The van der Waals surface area contributed by atoms with Gasteiger partial charge >= 0.3 is 5.97 Å². The molecule has 1 aliphatic rings. The molecule has 0 bridgehead atoms. The maximum absolute atomic E-state index is 12.5. The first-order chi connectivity index (χ1) is 9.00. The van der Waals surface area contributed by atoms with E-state index in [1.54, 1.807) is 12.1 Å². The number of hydrogen-bond acceptors (Lipinski definition) is 3. The monoisotopic (exact) mass is 439 g/mol. The molecular weight excluding hydrogens is 429 g/mol. The first kappa shape index (κ1) is 14.7. The van der Waals surface area contributed by atoms with Crippen LogP contribution in [-0.2, 0) is 9.53 Å². The molecule has 1 aromatic carbocycles. The fourth-order valence-electron chi connectivity index (χ4n) is 1.87. The van der Waals surface area contributed by atoms with Crippen molar-refractivity contribution in [2.75, 3.05) is 19.8 Å². The molecular formula is C12H11BrINO4. The van der Waals surface area contributed by atoms with E-state index in [0.717, 1.165) is 3.57 Å². The molecule has 0 spiro atoms. The zero-order valence-corrected chi connectivity index (χ0v) is 13.5. The highest BCUT2D eigenvalue weighted by Gasteiger charge is 2.33. The third kappa shape index (κ3) is 3.26. The smallest absolute Gasteiger partial charge is 0.328 e. The number of rotatable bonds is 2. The lowest BCUT2D eigenvalue weighted by molar-refractivity contribution is -0.147. The highest BCUT2D eigenvalue weighted by atomic mass is 127. The second-order valence-electron chi connectivity index (χ2n) is 4.05. The van der Waals surface area contributed by atoms with E-state index in [-0.39, 0.29) is 19.1 Å². The number of aliphatic carboxylic acids is 1. The number of carboxylic acids is 1. The maximum atomic E-state index is 12.5. The van der Waals surface area contributed by atoms with Gasteiger partial charge in [-0.05, 0) is 56.7 Å². The molecule has 102 valence electrons. The van der Waals surface area contributed by atoms with Gasteiger partial charge in [0.1, 0.15) is 0 Å². The Hall–Kier alpha value is -0.670. The molecule has 1 N–H and O–H groups in total. The van der Waals surface area contributed by atoms with Gasteiger partial charge in [-0.2, -0.15) is 0 Å². The van der Waals surface area contributed by atoms with Crippen LogP contribution in [0.5, 0.6) is 0 Å². The highest BCUT2D eigenvalue weighted by Crippen LogP contribution is 2.23. The fraction of sp³-hybridized carbons (Fsp3) is 0.333. The zero-order chi connectivity index (χ0) is 14.0. The Balaban J connectivity index is 2.31. The maximum Gasteiger partial charge on any atom is 0.328 e. The van der Waals surface area contributed by atoms with E-state index in [4.69, 9.17) is 9.84 Å². The number of morpholine rings is 1. The summed E-state index contributed by atoms with van der Waals surface area (Å²) >= 11 is 5.44. The van der Waals surface area contributed by atoms with Gasteiger partial charge in [0, 0.05) is 14.6 Å². The number of carbonyl (C=O) groups is 2. The van der Waals surface area contributed by atoms with E-state index in [0.29, 0.717) is 16.6 Å². The summed E-state index contributed by atoms with van der Waals surface area (Å²) in [6, 6.07) is 4.47. The Bertz CT molecular complexity index is 522. The van der Waals surface area contributed by atoms with Crippen LogP contribution >= 0.6 is 38.5 Å². The summed E-state index contributed by atoms with van der Waals surface area (Å²) in [5.74, 6) is -1.34. The Labute approximate surface area is 132 Å². The minimum absolute atomic E-state index is 0.0304. The molecule has 0 radical (unpaired) electrons. The van der Waals surface area contributed by atoms with Crippen LogP contribution in [0, 0.1) is 3.57 Å². The molecule has 1 aliphatic heterocycles. The average Bonchev–Trinajstić information content (AvgIpc) is 2.40. The Morgan fingerprint density at radius 3 is 2.89 bits per heavy atom. The highest BCUT2D eigenvalue weighted by molar-refractivity contribution is 14.1. The number of benzene rings is 1. The molecule has 0 aromatic heterocycles. The largest absolute Gasteiger partial charge is 0.480 e. The first-order valence-corrected chi connectivity index (χ1v) is 7.44. The molecule has 1 atom stereocenters. The molecule has 1 fully saturated rings. The van der Waals surface area contributed by atoms with Gasteiger partial charge in [-0.1, -0.05) is 0 Å². The van der Waals surface area contributed by atoms with E-state index in [1.807, 2.05) is 6.07 Å². The van der Waals surface area contributed by atoms with E-state index in [2.05, 4.69) is 38.5 Å². The summed E-state index contributed by atoms with van der Waals surface area (Å²) in [7, 11) is 0. The van der Waals surface area contributed by atoms with Crippen LogP contribution in [0.25, 0.3) is 0 Å². The van der Waals surface area contributed by atoms with Crippen molar-refractivity contribution in [1.82, 2.24) is 4.90 Å². The number of carboxylic acid groups (broad SMARTS) is 1. The summed E-state index contributed by atoms with van der Waals surface area (Å²) in [5, 5.41) is 9.14. The van der Waals surface area contributed by atoms with Crippen molar-refractivity contribution in [3.63, 3.8) is 0 Å². The number of ether oxygens (including phenoxy) is 1. The van der Waals surface area contributed by atoms with Crippen LogP contribution in [-0.4, -0.2) is 47.7 Å². The number of carbonyl (C=O) groups excluding carboxylic acids is 1. The molecule has 19 heavy (non-hydrogen) atoms. The van der Waals surface area contributed by atoms with Crippen LogP contribution in [0.3, 0.4) is 0 Å². The van der Waals surface area contributed by atoms with Gasteiger partial charge in [-0.15, -0.1) is 0 Å². The Kier molecular flexibility index (Phi) is 4.80. The van der Waals surface area contributed by atoms with Gasteiger partial charge in [0.05, 0.1) is 18.8 Å². The van der Waals surface area contributed by atoms with Crippen LogP contribution < -0.4 is 0 Å². The zero-order valence-electron chi connectivity index (χ0n) is 9.81. The minimum Gasteiger partial charge on any atom is -0.480 e. The lowest BCUT2D eigenvalue weighted by Crippen LogP contribution is -2.52. The molecule has 1 unspecified atom stereocenters. The molecule has 0 aliphatic carbocycles. The number of halogens is 2. The molecule has 5 nitrogen and oxygen atoms in total. The van der Waals surface area contributed by atoms with Crippen molar-refractivity contribution in [2.45, 2.75) is 6.04 Å². The minimum atomic E-state index is -1.05. The van der Waals surface area contributed by atoms with Crippen LogP contribution in [0.1, 0.15) is 10.4 Å². The lowest BCUT2D eigenvalue weighted by atomic mass is 10.1. The third-order valence-corrected chi connectivity index (χ3v) is 4.20. The molecule has 1 heterocycles. The second kappa shape index (κ2) is 6.19. The molecule has 1 aromatic rings. The van der Waals surface area contributed by atoms with Crippen LogP contribution in [0.2, 0.25) is 0 Å². The third-order valence-electron chi connectivity index (χ3n) is 2.83. The van der Waals surface area contributed by atoms with Gasteiger partial charge in [-0.25, -0.2) is 4.79 Å². The topological polar surface area (TPSA) is 66.8 Å². The van der Waals surface area contributed by atoms with E-state index < -0.39 is 12.0 Å². The normalized spacial score (nSPS) is 19.3. The summed E-state index contributed by atoms with van der Waals surface area (Å²) < 4.78 is 6.71. The molecule has 0 saturated carbocycles. The predicted molar refractivity (Wildman–Crippen MR) is 80.1 cm³/mol. The van der Waals surface area contributed by atoms with Gasteiger partial charge in [0.25, 0.3) is 5.91 Å². The van der Waals surface area contributed by atoms with Crippen molar-refractivity contribution in [3.8, 4) is 0 Å². The number of hydrogen-bond donors (Lipinski definition) is 1. The number of nitrogens with zero attached hydrogens (tertiary/aromatic N) is 1. The van der Waals surface area contributed by atoms with Crippen LogP contribution in [0.4, 0.5) is 0 Å². The van der Waals surface area contributed by atoms with E-state index in [9.17, 15) is 9.59 Å². The number of amides is 1. The van der Waals surface area contributed by atoms with Crippen molar-refractivity contribution in [3.05, 3.63) is 31.8 Å². The average molecular weight is 440 g/mol. The van der Waals surface area contributed by atoms with Gasteiger partial charge < -0.3 is 14.7 Å². The van der Waals surface area contributed by atoms with Crippen molar-refractivity contribution in [2.24, 2.45) is 0 Å². The quantitative estimate of drug-likeness (QED) is 0.715. The summed E-state index contributed by atoms with van der Waals surface area (Å²) in [6.07, 6.45) is 0. The Morgan fingerprint density at radius 2 is 2.21 bits per heavy atom. The first-order valence-electron chi connectivity index (χ1n) is 5.57. The van der Waals surface area contributed by atoms with Crippen LogP contribution in [0.15, 0.2) is 22.7 Å². The van der Waals surface area contributed by atoms with Crippen molar-refractivity contribution in [1.29, 1.82) is 0 Å². The standard InChI is InChI=1S/C12H11BrINO4/c13-9-2-1-7(14)5-8(9)11(16)15-3-4-19-6-10(15)12(17)18/h1-2,5,10H,3-4,6H2,(H,17,18). The molecule has 1 amide bonds. The predicted octanol–water partition coefficient (Wildman–Crippen LogP) is 1.98. The lowest BCUT2D eigenvalue weighted by Gasteiger charge is -2.33. The van der Waals surface area contributed by atoms with Gasteiger partial charge in [0.15, 0.2) is 6.04 Å².